The summed E-state index contributed by atoms with van der Waals surface area (Å²) in [6.45, 7) is 5.56. The number of carbonyl (C=O) groups is 1. The number of nitrogens with zero attached hydrogens (tertiary/aromatic N) is 1. The molecule has 0 spiro atoms. The van der Waals surface area contributed by atoms with Crippen molar-refractivity contribution in [2.45, 2.75) is 26.8 Å². The highest BCUT2D eigenvalue weighted by Gasteiger charge is 2.28. The molecule has 0 aromatic carbocycles. The van der Waals surface area contributed by atoms with Crippen LogP contribution in [0.2, 0.25) is 0 Å². The highest BCUT2D eigenvalue weighted by Crippen LogP contribution is 2.25. The molecule has 0 fully saturated rings. The van der Waals surface area contributed by atoms with Gasteiger partial charge >= 0.3 is 5.97 Å². The van der Waals surface area contributed by atoms with E-state index in [2.05, 4.69) is 22.9 Å². The minimum atomic E-state index is -0.178. The molecule has 4 heteroatoms. The zero-order chi connectivity index (χ0) is 8.59. The predicted molar refractivity (Wildman–Crippen MR) is 49.8 cm³/mol. The fraction of sp³-hybridized carbons (Fsp3) is 0.571. The number of rotatable bonds is 0. The van der Waals surface area contributed by atoms with E-state index in [-0.39, 0.29) is 12.0 Å². The van der Waals surface area contributed by atoms with Gasteiger partial charge in [-0.25, -0.2) is 4.79 Å². The lowest BCUT2D eigenvalue weighted by Gasteiger charge is -2.29. The molecule has 3 nitrogen and oxygen atoms in total. The van der Waals surface area contributed by atoms with E-state index in [1.165, 1.54) is 0 Å². The van der Waals surface area contributed by atoms with E-state index < -0.39 is 0 Å². The van der Waals surface area contributed by atoms with E-state index in [1.807, 2.05) is 17.0 Å². The van der Waals surface area contributed by atoms with Gasteiger partial charge in [0, 0.05) is 0 Å². The lowest BCUT2D eigenvalue weighted by atomic mass is 10.2. The summed E-state index contributed by atoms with van der Waals surface area (Å²) >= 11 is 2.11. The van der Waals surface area contributed by atoms with Crippen molar-refractivity contribution in [3.05, 3.63) is 11.5 Å². The molecule has 0 amide bonds. The van der Waals surface area contributed by atoms with Gasteiger partial charge in [0.2, 0.25) is 0 Å². The molecular formula is C7H10INO2. The molecule has 0 aromatic rings. The van der Waals surface area contributed by atoms with E-state index in [0.29, 0.717) is 5.76 Å². The average Bonchev–Trinajstić information content (AvgIpc) is 1.97. The van der Waals surface area contributed by atoms with Gasteiger partial charge in [-0.2, -0.15) is 0 Å². The van der Waals surface area contributed by atoms with Gasteiger partial charge in [0.05, 0.1) is 28.6 Å². The van der Waals surface area contributed by atoms with Crippen molar-refractivity contribution in [1.29, 1.82) is 0 Å². The van der Waals surface area contributed by atoms with Crippen molar-refractivity contribution < 1.29 is 9.53 Å². The average molecular weight is 267 g/mol. The first-order chi connectivity index (χ1) is 5.04. The fourth-order valence-electron chi connectivity index (χ4n) is 0.843. The number of hydrogen-bond donors (Lipinski definition) is 0. The third-order valence-electron chi connectivity index (χ3n) is 1.76. The fourth-order valence-corrected chi connectivity index (χ4v) is 1.41. The van der Waals surface area contributed by atoms with Crippen LogP contribution < -0.4 is 0 Å². The quantitative estimate of drug-likeness (QED) is 0.381. The molecule has 1 unspecified atom stereocenters. The normalized spacial score (nSPS) is 25.6. The second-order valence-corrected chi connectivity index (χ2v) is 3.59. The van der Waals surface area contributed by atoms with E-state index in [4.69, 9.17) is 4.74 Å². The molecule has 1 atom stereocenters. The van der Waals surface area contributed by atoms with Gasteiger partial charge in [0.25, 0.3) is 0 Å². The summed E-state index contributed by atoms with van der Waals surface area (Å²) in [4.78, 5) is 11.1. The van der Waals surface area contributed by atoms with E-state index >= 15 is 0 Å². The Hall–Kier alpha value is -0.260. The molecule has 0 aromatic heterocycles. The molecule has 0 saturated heterocycles. The Morgan fingerprint density at radius 3 is 2.64 bits per heavy atom. The second-order valence-electron chi connectivity index (χ2n) is 2.55. The van der Waals surface area contributed by atoms with E-state index in [0.717, 1.165) is 5.70 Å². The first kappa shape index (κ1) is 8.83. The van der Waals surface area contributed by atoms with Gasteiger partial charge < -0.3 is 7.85 Å². The lowest BCUT2D eigenvalue weighted by molar-refractivity contribution is -0.144. The van der Waals surface area contributed by atoms with Crippen LogP contribution in [0.3, 0.4) is 0 Å². The molecule has 0 saturated carbocycles. The lowest BCUT2D eigenvalue weighted by Crippen LogP contribution is -2.36. The summed E-state index contributed by atoms with van der Waals surface area (Å²) in [5.41, 5.74) is 1.01. The Morgan fingerprint density at radius 1 is 1.55 bits per heavy atom. The zero-order valence-electron chi connectivity index (χ0n) is 6.72. The summed E-state index contributed by atoms with van der Waals surface area (Å²) in [6, 6.07) is -0.167. The van der Waals surface area contributed by atoms with Crippen LogP contribution in [0.25, 0.3) is 0 Å². The third kappa shape index (κ3) is 1.50. The predicted octanol–water partition coefficient (Wildman–Crippen LogP) is 1.84. The van der Waals surface area contributed by atoms with Crippen LogP contribution in [-0.2, 0) is 9.53 Å². The van der Waals surface area contributed by atoms with Crippen molar-refractivity contribution in [1.82, 2.24) is 3.11 Å². The Bertz CT molecular complexity index is 224. The number of cyclic esters (lactones) is 1. The molecule has 1 aliphatic heterocycles. The first-order valence-electron chi connectivity index (χ1n) is 3.38. The van der Waals surface area contributed by atoms with Crippen molar-refractivity contribution >= 4 is 28.8 Å². The van der Waals surface area contributed by atoms with Gasteiger partial charge in [-0.15, -0.1) is 0 Å². The Kier molecular flexibility index (Phi) is 2.41. The maximum atomic E-state index is 11.1. The minimum Gasteiger partial charge on any atom is -0.428 e. The summed E-state index contributed by atoms with van der Waals surface area (Å²) in [6.07, 6.45) is 0. The second kappa shape index (κ2) is 3.00. The minimum absolute atomic E-state index is 0.167. The van der Waals surface area contributed by atoms with Crippen LogP contribution in [-0.4, -0.2) is 15.1 Å². The van der Waals surface area contributed by atoms with Gasteiger partial charge in [-0.3, -0.25) is 0 Å². The number of ether oxygens (including phenoxy) is 1. The number of esters is 1. The molecule has 0 aliphatic carbocycles. The van der Waals surface area contributed by atoms with Crippen LogP contribution in [0.4, 0.5) is 0 Å². The summed E-state index contributed by atoms with van der Waals surface area (Å²) in [5.74, 6) is 0.519. The molecular weight excluding hydrogens is 257 g/mol. The molecule has 11 heavy (non-hydrogen) atoms. The van der Waals surface area contributed by atoms with Crippen molar-refractivity contribution in [3.8, 4) is 0 Å². The van der Waals surface area contributed by atoms with E-state index in [9.17, 15) is 4.79 Å². The molecule has 1 rings (SSSR count). The molecule has 62 valence electrons. The largest absolute Gasteiger partial charge is 0.428 e. The van der Waals surface area contributed by atoms with Crippen molar-refractivity contribution in [3.63, 3.8) is 0 Å². The SMILES string of the molecule is CC1=C(C)N(I)C(C)C(=O)O1. The van der Waals surface area contributed by atoms with Crippen molar-refractivity contribution in [2.24, 2.45) is 0 Å². The number of hydrogen-bond acceptors (Lipinski definition) is 3. The maximum Gasteiger partial charge on any atom is 0.334 e. The molecule has 0 radical (unpaired) electrons. The standard InChI is InChI=1S/C7H10INO2/c1-4-6(3)11-7(10)5(2)9(4)8/h5H,1-3H3. The number of halogens is 1. The van der Waals surface area contributed by atoms with Crippen LogP contribution in [0.5, 0.6) is 0 Å². The monoisotopic (exact) mass is 267 g/mol. The zero-order valence-corrected chi connectivity index (χ0v) is 8.88. The van der Waals surface area contributed by atoms with Gasteiger partial charge in [0.1, 0.15) is 11.8 Å². The van der Waals surface area contributed by atoms with Crippen LogP contribution in [0.15, 0.2) is 11.5 Å². The summed E-state index contributed by atoms with van der Waals surface area (Å²) in [7, 11) is 0. The highest BCUT2D eigenvalue weighted by molar-refractivity contribution is 14.1. The van der Waals surface area contributed by atoms with Gasteiger partial charge in [0.15, 0.2) is 0 Å². The van der Waals surface area contributed by atoms with E-state index in [1.54, 1.807) is 6.92 Å². The smallest absolute Gasteiger partial charge is 0.334 e. The summed E-state index contributed by atoms with van der Waals surface area (Å²) < 4.78 is 6.86. The summed E-state index contributed by atoms with van der Waals surface area (Å²) in [5, 5.41) is 0. The van der Waals surface area contributed by atoms with Gasteiger partial charge in [-0.05, 0) is 20.8 Å². The Labute approximate surface area is 79.9 Å². The van der Waals surface area contributed by atoms with Crippen LogP contribution in [0.1, 0.15) is 20.8 Å². The molecule has 0 bridgehead atoms. The Balaban J connectivity index is 2.95. The highest BCUT2D eigenvalue weighted by atomic mass is 127. The molecule has 0 N–H and O–H groups in total. The van der Waals surface area contributed by atoms with Crippen molar-refractivity contribution in [2.75, 3.05) is 0 Å². The third-order valence-corrected chi connectivity index (χ3v) is 3.32. The number of carbonyl (C=O) groups excluding carboxylic acids is 1. The molecule has 1 aliphatic rings. The molecule has 1 heterocycles. The van der Waals surface area contributed by atoms with Crippen LogP contribution in [0, 0.1) is 0 Å². The topological polar surface area (TPSA) is 29.5 Å². The number of allylic oxidation sites excluding steroid dienone is 2. The van der Waals surface area contributed by atoms with Crippen LogP contribution >= 0.6 is 22.9 Å². The first-order valence-corrected chi connectivity index (χ1v) is 4.34. The maximum absolute atomic E-state index is 11.1. The van der Waals surface area contributed by atoms with Gasteiger partial charge in [-0.1, -0.05) is 0 Å². The Morgan fingerprint density at radius 2 is 2.09 bits per heavy atom.